The van der Waals surface area contributed by atoms with E-state index < -0.39 is 17.7 Å². The summed E-state index contributed by atoms with van der Waals surface area (Å²) in [7, 11) is 0. The number of hydrogen-bond acceptors (Lipinski definition) is 11. The average Bonchev–Trinajstić information content (AvgIpc) is 3.44. The maximum atomic E-state index is 12.1. The Morgan fingerprint density at radius 1 is 0.519 bits per heavy atom. The zero-order valence-electron chi connectivity index (χ0n) is 30.2. The van der Waals surface area contributed by atoms with Crippen LogP contribution in [0.5, 0.6) is 0 Å². The Hall–Kier alpha value is -4.42. The Bertz CT molecular complexity index is 1200. The van der Waals surface area contributed by atoms with Crippen LogP contribution in [-0.4, -0.2) is 113 Å². The summed E-state index contributed by atoms with van der Waals surface area (Å²) in [4.78, 5) is 94.9. The minimum absolute atomic E-state index is 0.0152. The lowest BCUT2D eigenvalue weighted by molar-refractivity contribution is -0.137. The third-order valence-corrected chi connectivity index (χ3v) is 8.06. The van der Waals surface area contributed by atoms with Gasteiger partial charge in [0.05, 0.1) is 0 Å². The number of hydrogen-bond donors (Lipinski definition) is 3. The Morgan fingerprint density at radius 3 is 1.31 bits per heavy atom. The van der Waals surface area contributed by atoms with Crippen LogP contribution in [0.4, 0.5) is 0 Å². The first-order valence-corrected chi connectivity index (χ1v) is 18.1. The second-order valence-corrected chi connectivity index (χ2v) is 12.5. The van der Waals surface area contributed by atoms with Crippen molar-refractivity contribution in [2.75, 3.05) is 45.8 Å². The molecule has 1 aliphatic heterocycles. The van der Waals surface area contributed by atoms with Gasteiger partial charge in [0.1, 0.15) is 0 Å². The van der Waals surface area contributed by atoms with Gasteiger partial charge in [0.2, 0.25) is 35.4 Å². The number of carbonyl (C=O) groups excluding carboxylic acids is 8. The maximum Gasteiger partial charge on any atom is 0.253 e. The summed E-state index contributed by atoms with van der Waals surface area (Å²) in [5.41, 5.74) is 0. The molecule has 52 heavy (non-hydrogen) atoms. The van der Waals surface area contributed by atoms with Crippen LogP contribution in [0.2, 0.25) is 0 Å². The van der Waals surface area contributed by atoms with Gasteiger partial charge in [-0.05, 0) is 70.6 Å². The summed E-state index contributed by atoms with van der Waals surface area (Å²) in [5, 5.41) is 44.3. The maximum absolute atomic E-state index is 12.1. The standard InChI is InChI=1S/C34H54N7O11/c1-27(42)39(50)24-9-2-6-21-36-29(44)14-16-34(49)41(52)26-11-4-8-22-37-30(45)15-17-33(48)40(51)25-10-3-7-20-35-28(43)13-5-12-23-38-31(46)18-19-32(38)47/h18-19H,2-17,20-26H2,1H3,(H,35,43)(H,36,44)(H,37,45)/q-3. The summed E-state index contributed by atoms with van der Waals surface area (Å²) in [6, 6.07) is 0. The average molecular weight is 737 g/mol. The van der Waals surface area contributed by atoms with E-state index in [0.717, 1.165) is 4.90 Å². The topological polar surface area (TPSA) is 255 Å². The van der Waals surface area contributed by atoms with E-state index in [1.54, 1.807) is 0 Å². The molecule has 8 amide bonds. The molecule has 0 atom stereocenters. The summed E-state index contributed by atoms with van der Waals surface area (Å²) >= 11 is 0. The SMILES string of the molecule is CC(=O)N([O-])CCCCCNC(=O)CCC(=O)N([O-])CCCCCNC(=O)CCC(=O)N([O-])CCCCCNC(=O)CCCCN1C(=O)C=CC1=O. The summed E-state index contributed by atoms with van der Waals surface area (Å²) in [5.74, 6) is -3.50. The Labute approximate surface area is 304 Å². The van der Waals surface area contributed by atoms with Crippen molar-refractivity contribution in [3.63, 3.8) is 0 Å². The molecular weight excluding hydrogens is 682 g/mol. The lowest BCUT2D eigenvalue weighted by atomic mass is 10.2. The van der Waals surface area contributed by atoms with E-state index in [1.165, 1.54) is 19.1 Å². The molecule has 0 unspecified atom stereocenters. The minimum Gasteiger partial charge on any atom is -0.756 e. The Morgan fingerprint density at radius 2 is 0.904 bits per heavy atom. The molecule has 18 nitrogen and oxygen atoms in total. The van der Waals surface area contributed by atoms with Crippen molar-refractivity contribution in [2.45, 2.75) is 110 Å². The number of hydroxylamine groups is 6. The van der Waals surface area contributed by atoms with Gasteiger partial charge >= 0.3 is 0 Å². The monoisotopic (exact) mass is 736 g/mol. The molecule has 0 aromatic carbocycles. The fourth-order valence-corrected chi connectivity index (χ4v) is 4.92. The van der Waals surface area contributed by atoms with Gasteiger partial charge in [0.25, 0.3) is 11.8 Å². The lowest BCUT2D eigenvalue weighted by Gasteiger charge is -2.28. The van der Waals surface area contributed by atoms with E-state index in [1.807, 2.05) is 0 Å². The molecule has 0 saturated carbocycles. The molecule has 294 valence electrons. The van der Waals surface area contributed by atoms with Gasteiger partial charge in [0, 0.05) is 97.0 Å². The predicted octanol–water partition coefficient (Wildman–Crippen LogP) is 1.50. The summed E-state index contributed by atoms with van der Waals surface area (Å²) < 4.78 is 0. The zero-order valence-corrected chi connectivity index (χ0v) is 30.2. The van der Waals surface area contributed by atoms with E-state index in [-0.39, 0.29) is 87.8 Å². The molecule has 0 radical (unpaired) electrons. The molecule has 0 bridgehead atoms. The smallest absolute Gasteiger partial charge is 0.253 e. The van der Waals surface area contributed by atoms with Crippen LogP contribution in [0, 0.1) is 15.6 Å². The van der Waals surface area contributed by atoms with Gasteiger partial charge in [-0.1, -0.05) is 0 Å². The zero-order chi connectivity index (χ0) is 38.7. The van der Waals surface area contributed by atoms with Gasteiger partial charge in [-0.15, -0.1) is 0 Å². The van der Waals surface area contributed by atoms with E-state index >= 15 is 0 Å². The third-order valence-electron chi connectivity index (χ3n) is 8.06. The molecule has 0 saturated heterocycles. The van der Waals surface area contributed by atoms with Crippen molar-refractivity contribution < 1.29 is 38.4 Å². The number of imide groups is 1. The van der Waals surface area contributed by atoms with Crippen molar-refractivity contribution >= 4 is 47.3 Å². The Balaban J connectivity index is 1.97. The second kappa shape index (κ2) is 27.3. The first kappa shape index (κ1) is 45.6. The molecule has 1 heterocycles. The first-order valence-electron chi connectivity index (χ1n) is 18.1. The van der Waals surface area contributed by atoms with Crippen LogP contribution in [0.15, 0.2) is 12.2 Å². The minimum atomic E-state index is -0.694. The molecule has 0 aromatic heterocycles. The molecule has 0 aromatic rings. The Kier molecular flexibility index (Phi) is 23.9. The number of unbranched alkanes of at least 4 members (excludes halogenated alkanes) is 7. The van der Waals surface area contributed by atoms with Crippen LogP contribution in [-0.2, 0) is 38.4 Å². The molecule has 0 spiro atoms. The van der Waals surface area contributed by atoms with Gasteiger partial charge < -0.3 is 46.8 Å². The van der Waals surface area contributed by atoms with Gasteiger partial charge in [-0.2, -0.15) is 0 Å². The van der Waals surface area contributed by atoms with Crippen LogP contribution < -0.4 is 16.0 Å². The number of nitrogens with one attached hydrogen (secondary N) is 3. The van der Waals surface area contributed by atoms with E-state index in [2.05, 4.69) is 16.0 Å². The molecule has 1 aliphatic rings. The van der Waals surface area contributed by atoms with Crippen LogP contribution in [0.1, 0.15) is 110 Å². The first-order chi connectivity index (χ1) is 24.8. The fourth-order valence-electron chi connectivity index (χ4n) is 4.92. The molecule has 18 heteroatoms. The van der Waals surface area contributed by atoms with Crippen molar-refractivity contribution in [3.05, 3.63) is 27.8 Å². The van der Waals surface area contributed by atoms with Crippen molar-refractivity contribution in [1.29, 1.82) is 0 Å². The highest BCUT2D eigenvalue weighted by Crippen LogP contribution is 2.07. The third kappa shape index (κ3) is 21.7. The highest BCUT2D eigenvalue weighted by atomic mass is 16.5. The van der Waals surface area contributed by atoms with Crippen LogP contribution in [0.25, 0.3) is 0 Å². The summed E-state index contributed by atoms with van der Waals surface area (Å²) in [6.45, 7) is 2.61. The fraction of sp³-hybridized carbons (Fsp3) is 0.706. The normalized spacial score (nSPS) is 12.1. The molecule has 3 N–H and O–H groups in total. The van der Waals surface area contributed by atoms with Gasteiger partial charge in [-0.3, -0.25) is 43.3 Å². The number of nitrogens with zero attached hydrogens (tertiary/aromatic N) is 4. The number of rotatable bonds is 29. The van der Waals surface area contributed by atoms with E-state index in [0.29, 0.717) is 105 Å². The molecular formula is C34H54N7O11-3. The van der Waals surface area contributed by atoms with Crippen molar-refractivity contribution in [1.82, 2.24) is 36.0 Å². The van der Waals surface area contributed by atoms with Gasteiger partial charge in [-0.25, -0.2) is 0 Å². The molecule has 1 rings (SSSR count). The number of carbonyl (C=O) groups is 8. The number of amides is 8. The predicted molar refractivity (Wildman–Crippen MR) is 190 cm³/mol. The second-order valence-electron chi connectivity index (χ2n) is 12.5. The van der Waals surface area contributed by atoms with Crippen LogP contribution >= 0.6 is 0 Å². The van der Waals surface area contributed by atoms with Crippen LogP contribution in [0.3, 0.4) is 0 Å². The van der Waals surface area contributed by atoms with E-state index in [4.69, 9.17) is 0 Å². The highest BCUT2D eigenvalue weighted by molar-refractivity contribution is 6.12. The van der Waals surface area contributed by atoms with Gasteiger partial charge in [0.15, 0.2) is 0 Å². The van der Waals surface area contributed by atoms with E-state index in [9.17, 15) is 54.0 Å². The van der Waals surface area contributed by atoms with Crippen molar-refractivity contribution in [2.24, 2.45) is 0 Å². The summed E-state index contributed by atoms with van der Waals surface area (Å²) in [6.07, 6.45) is 8.06. The van der Waals surface area contributed by atoms with Crippen molar-refractivity contribution in [3.8, 4) is 0 Å². The molecule has 0 fully saturated rings. The quantitative estimate of drug-likeness (QED) is 0.0563. The largest absolute Gasteiger partial charge is 0.756 e. The molecule has 0 aliphatic carbocycles. The lowest BCUT2D eigenvalue weighted by Crippen LogP contribution is -2.31. The highest BCUT2D eigenvalue weighted by Gasteiger charge is 2.22.